The molecule has 0 aliphatic carbocycles. The third kappa shape index (κ3) is 2.81. The lowest BCUT2D eigenvalue weighted by Gasteiger charge is -2.32. The van der Waals surface area contributed by atoms with E-state index in [0.29, 0.717) is 5.92 Å². The van der Waals surface area contributed by atoms with E-state index in [-0.39, 0.29) is 10.6 Å². The molecule has 2 heterocycles. The Morgan fingerprint density at radius 1 is 1.29 bits per heavy atom. The highest BCUT2D eigenvalue weighted by Crippen LogP contribution is 2.26. The van der Waals surface area contributed by atoms with Crippen molar-refractivity contribution in [2.45, 2.75) is 19.8 Å². The van der Waals surface area contributed by atoms with Gasteiger partial charge in [-0.05, 0) is 30.9 Å². The molecule has 1 aliphatic rings. The van der Waals surface area contributed by atoms with E-state index in [1.807, 2.05) is 30.3 Å². The van der Waals surface area contributed by atoms with Crippen LogP contribution >= 0.6 is 11.6 Å². The van der Waals surface area contributed by atoms with Gasteiger partial charge >= 0.3 is 0 Å². The monoisotopic (exact) mass is 303 g/mol. The molecule has 0 saturated carbocycles. The number of piperidine rings is 1. The molecule has 0 unspecified atom stereocenters. The Balaban J connectivity index is 1.99. The van der Waals surface area contributed by atoms with Crippen molar-refractivity contribution >= 4 is 17.3 Å². The van der Waals surface area contributed by atoms with Crippen LogP contribution in [0.4, 0.5) is 5.69 Å². The first-order valence-corrected chi connectivity index (χ1v) is 7.63. The minimum atomic E-state index is -0.265. The molecular formula is C16H18ClN3O. The van der Waals surface area contributed by atoms with Crippen LogP contribution in [0.15, 0.2) is 41.3 Å². The number of rotatable bonds is 2. The Morgan fingerprint density at radius 2 is 2.05 bits per heavy atom. The summed E-state index contributed by atoms with van der Waals surface area (Å²) in [5.41, 5.74) is 1.21. The minimum absolute atomic E-state index is 0.253. The second-order valence-corrected chi connectivity index (χ2v) is 5.97. The number of benzene rings is 1. The maximum absolute atomic E-state index is 12.5. The summed E-state index contributed by atoms with van der Waals surface area (Å²) in [6, 6.07) is 9.33. The van der Waals surface area contributed by atoms with Crippen molar-refractivity contribution in [3.8, 4) is 5.69 Å². The van der Waals surface area contributed by atoms with Crippen molar-refractivity contribution in [2.75, 3.05) is 18.0 Å². The van der Waals surface area contributed by atoms with Gasteiger partial charge in [0.15, 0.2) is 0 Å². The summed E-state index contributed by atoms with van der Waals surface area (Å²) < 4.78 is 1.35. The van der Waals surface area contributed by atoms with Crippen LogP contribution in [-0.4, -0.2) is 22.9 Å². The van der Waals surface area contributed by atoms with Gasteiger partial charge in [-0.3, -0.25) is 4.79 Å². The van der Waals surface area contributed by atoms with Crippen LogP contribution < -0.4 is 10.5 Å². The predicted molar refractivity (Wildman–Crippen MR) is 85.5 cm³/mol. The molecule has 0 bridgehead atoms. The van der Waals surface area contributed by atoms with Gasteiger partial charge in [-0.1, -0.05) is 36.7 Å². The fraction of sp³-hybridized carbons (Fsp3) is 0.375. The average Bonchev–Trinajstić information content (AvgIpc) is 2.51. The lowest BCUT2D eigenvalue weighted by molar-refractivity contribution is 0.446. The van der Waals surface area contributed by atoms with Crippen LogP contribution in [0.2, 0.25) is 5.02 Å². The standard InChI is InChI=1S/C16H18ClN3O/c1-12-6-5-9-19(11-12)14-10-18-20(16(21)15(14)17)13-7-3-2-4-8-13/h2-4,7-8,10,12H,5-6,9,11H2,1H3/t12-/m1/s1. The Bertz CT molecular complexity index is 684. The Kier molecular flexibility index (Phi) is 3.97. The summed E-state index contributed by atoms with van der Waals surface area (Å²) in [4.78, 5) is 14.6. The van der Waals surface area contributed by atoms with E-state index in [1.165, 1.54) is 11.1 Å². The predicted octanol–water partition coefficient (Wildman–Crippen LogP) is 3.12. The zero-order valence-electron chi connectivity index (χ0n) is 12.0. The van der Waals surface area contributed by atoms with Crippen LogP contribution in [-0.2, 0) is 0 Å². The van der Waals surface area contributed by atoms with E-state index in [1.54, 1.807) is 6.20 Å². The van der Waals surface area contributed by atoms with Crippen molar-refractivity contribution in [2.24, 2.45) is 5.92 Å². The molecule has 1 saturated heterocycles. The highest BCUT2D eigenvalue weighted by molar-refractivity contribution is 6.33. The summed E-state index contributed by atoms with van der Waals surface area (Å²) in [7, 11) is 0. The number of hydrogen-bond acceptors (Lipinski definition) is 3. The summed E-state index contributed by atoms with van der Waals surface area (Å²) in [6.45, 7) is 4.08. The normalized spacial score (nSPS) is 18.8. The van der Waals surface area contributed by atoms with E-state index in [9.17, 15) is 4.79 Å². The number of nitrogens with zero attached hydrogens (tertiary/aromatic N) is 3. The number of para-hydroxylation sites is 1. The van der Waals surface area contributed by atoms with Gasteiger partial charge in [-0.25, -0.2) is 0 Å². The maximum atomic E-state index is 12.5. The summed E-state index contributed by atoms with van der Waals surface area (Å²) in [6.07, 6.45) is 4.05. The first-order valence-electron chi connectivity index (χ1n) is 7.25. The van der Waals surface area contributed by atoms with Gasteiger partial charge in [0.1, 0.15) is 5.02 Å². The molecular weight excluding hydrogens is 286 g/mol. The molecule has 0 N–H and O–H groups in total. The Labute approximate surface area is 129 Å². The fourth-order valence-electron chi connectivity index (χ4n) is 2.81. The van der Waals surface area contributed by atoms with Gasteiger partial charge in [0.05, 0.1) is 17.6 Å². The third-order valence-corrected chi connectivity index (χ3v) is 4.25. The largest absolute Gasteiger partial charge is 0.369 e. The second kappa shape index (κ2) is 5.90. The second-order valence-electron chi connectivity index (χ2n) is 5.59. The lowest BCUT2D eigenvalue weighted by atomic mass is 10.00. The van der Waals surface area contributed by atoms with Crippen molar-refractivity contribution in [1.82, 2.24) is 9.78 Å². The van der Waals surface area contributed by atoms with Crippen molar-refractivity contribution in [1.29, 1.82) is 0 Å². The molecule has 21 heavy (non-hydrogen) atoms. The van der Waals surface area contributed by atoms with Crippen LogP contribution in [0.1, 0.15) is 19.8 Å². The average molecular weight is 304 g/mol. The zero-order chi connectivity index (χ0) is 14.8. The fourth-order valence-corrected chi connectivity index (χ4v) is 3.05. The molecule has 1 aromatic carbocycles. The number of halogens is 1. The van der Waals surface area contributed by atoms with E-state index >= 15 is 0 Å². The Hall–Kier alpha value is -1.81. The smallest absolute Gasteiger partial charge is 0.292 e. The first kappa shape index (κ1) is 14.1. The number of aromatic nitrogens is 2. The van der Waals surface area contributed by atoms with Crippen molar-refractivity contribution < 1.29 is 0 Å². The summed E-state index contributed by atoms with van der Waals surface area (Å²) in [5.74, 6) is 0.617. The molecule has 1 fully saturated rings. The molecule has 3 rings (SSSR count). The molecule has 1 aliphatic heterocycles. The van der Waals surface area contributed by atoms with Gasteiger partial charge in [0.2, 0.25) is 0 Å². The minimum Gasteiger partial charge on any atom is -0.369 e. The number of hydrogen-bond donors (Lipinski definition) is 0. The van der Waals surface area contributed by atoms with Crippen molar-refractivity contribution in [3.05, 3.63) is 51.9 Å². The van der Waals surface area contributed by atoms with E-state index < -0.39 is 0 Å². The van der Waals surface area contributed by atoms with Crippen molar-refractivity contribution in [3.63, 3.8) is 0 Å². The zero-order valence-corrected chi connectivity index (χ0v) is 12.8. The SMILES string of the molecule is C[C@@H]1CCCN(c2cnn(-c3ccccc3)c(=O)c2Cl)C1. The highest BCUT2D eigenvalue weighted by Gasteiger charge is 2.21. The van der Waals surface area contributed by atoms with E-state index in [2.05, 4.69) is 16.9 Å². The molecule has 1 aromatic heterocycles. The van der Waals surface area contributed by atoms with Crippen LogP contribution in [0.25, 0.3) is 5.69 Å². The van der Waals surface area contributed by atoms with Gasteiger partial charge in [-0.15, -0.1) is 0 Å². The van der Waals surface area contributed by atoms with Gasteiger partial charge < -0.3 is 4.90 Å². The molecule has 0 amide bonds. The van der Waals surface area contributed by atoms with E-state index in [4.69, 9.17) is 11.6 Å². The van der Waals surface area contributed by atoms with Crippen LogP contribution in [0.3, 0.4) is 0 Å². The van der Waals surface area contributed by atoms with Gasteiger partial charge in [0.25, 0.3) is 5.56 Å². The van der Waals surface area contributed by atoms with Gasteiger partial charge in [-0.2, -0.15) is 9.78 Å². The van der Waals surface area contributed by atoms with Crippen LogP contribution in [0, 0.1) is 5.92 Å². The first-order chi connectivity index (χ1) is 10.2. The molecule has 4 nitrogen and oxygen atoms in total. The molecule has 2 aromatic rings. The maximum Gasteiger partial charge on any atom is 0.292 e. The summed E-state index contributed by atoms with van der Waals surface area (Å²) >= 11 is 6.31. The van der Waals surface area contributed by atoms with Crippen LogP contribution in [0.5, 0.6) is 0 Å². The summed E-state index contributed by atoms with van der Waals surface area (Å²) in [5, 5.41) is 4.54. The molecule has 0 spiro atoms. The molecule has 5 heteroatoms. The lowest BCUT2D eigenvalue weighted by Crippen LogP contribution is -2.36. The third-order valence-electron chi connectivity index (χ3n) is 3.90. The topological polar surface area (TPSA) is 38.1 Å². The van der Waals surface area contributed by atoms with E-state index in [0.717, 1.165) is 30.9 Å². The van der Waals surface area contributed by atoms with Gasteiger partial charge in [0, 0.05) is 13.1 Å². The molecule has 1 atom stereocenters. The quantitative estimate of drug-likeness (QED) is 0.855. The highest BCUT2D eigenvalue weighted by atomic mass is 35.5. The number of anilines is 1. The molecule has 110 valence electrons. The molecule has 0 radical (unpaired) electrons. The Morgan fingerprint density at radius 3 is 2.76 bits per heavy atom.